The number of nitro groups is 1. The summed E-state index contributed by atoms with van der Waals surface area (Å²) < 4.78 is 18.5. The number of carbonyl (C=O) groups is 2. The number of anilines is 1. The fourth-order valence-electron chi connectivity index (χ4n) is 2.02. The second kappa shape index (κ2) is 8.00. The molecule has 1 N–H and O–H groups in total. The van der Waals surface area contributed by atoms with Crippen molar-refractivity contribution in [2.24, 2.45) is 0 Å². The minimum absolute atomic E-state index is 0.00203. The van der Waals surface area contributed by atoms with Crippen molar-refractivity contribution in [2.45, 2.75) is 13.3 Å². The number of Topliss-reactive ketones (excluding diaryl/α,β-unsaturated/α-hetero) is 1. The highest BCUT2D eigenvalue weighted by atomic mass is 19.1. The van der Waals surface area contributed by atoms with Gasteiger partial charge in [0.25, 0.3) is 5.91 Å². The largest absolute Gasteiger partial charge is 0.484 e. The third-order valence-electron chi connectivity index (χ3n) is 3.29. The van der Waals surface area contributed by atoms with Crippen LogP contribution >= 0.6 is 0 Å². The predicted molar refractivity (Wildman–Crippen MR) is 88.2 cm³/mol. The van der Waals surface area contributed by atoms with E-state index in [2.05, 4.69) is 5.32 Å². The highest BCUT2D eigenvalue weighted by molar-refractivity contribution is 5.96. The van der Waals surface area contributed by atoms with E-state index >= 15 is 0 Å². The number of ether oxygens (including phenoxy) is 1. The molecule has 7 nitrogen and oxygen atoms in total. The van der Waals surface area contributed by atoms with Crippen LogP contribution in [0, 0.1) is 15.9 Å². The molecule has 8 heteroatoms. The number of hydrogen-bond donors (Lipinski definition) is 1. The van der Waals surface area contributed by atoms with Gasteiger partial charge in [-0.2, -0.15) is 4.39 Å². The smallest absolute Gasteiger partial charge is 0.306 e. The molecule has 0 radical (unpaired) electrons. The number of carbonyl (C=O) groups excluding carboxylic acids is 2. The summed E-state index contributed by atoms with van der Waals surface area (Å²) in [5, 5.41) is 13.1. The predicted octanol–water partition coefficient (Wildman–Crippen LogP) is 3.34. The fourth-order valence-corrected chi connectivity index (χ4v) is 2.02. The number of hydrogen-bond acceptors (Lipinski definition) is 5. The van der Waals surface area contributed by atoms with Crippen LogP contribution in [0.1, 0.15) is 23.7 Å². The first-order valence-corrected chi connectivity index (χ1v) is 7.40. The number of nitrogens with zero attached hydrogens (tertiary/aromatic N) is 1. The molecule has 130 valence electrons. The third-order valence-corrected chi connectivity index (χ3v) is 3.29. The van der Waals surface area contributed by atoms with Gasteiger partial charge >= 0.3 is 5.69 Å². The van der Waals surface area contributed by atoms with E-state index in [-0.39, 0.29) is 18.1 Å². The molecular weight excluding hydrogens is 331 g/mol. The molecule has 0 saturated carbocycles. The quantitative estimate of drug-likeness (QED) is 0.471. The van der Waals surface area contributed by atoms with Gasteiger partial charge in [0.15, 0.2) is 12.4 Å². The highest BCUT2D eigenvalue weighted by Gasteiger charge is 2.15. The van der Waals surface area contributed by atoms with Gasteiger partial charge in [0, 0.05) is 23.7 Å². The molecule has 2 aromatic carbocycles. The van der Waals surface area contributed by atoms with Crippen LogP contribution in [0.5, 0.6) is 5.75 Å². The molecule has 0 aliphatic carbocycles. The van der Waals surface area contributed by atoms with Crippen LogP contribution in [0.2, 0.25) is 0 Å². The Morgan fingerprint density at radius 1 is 1.20 bits per heavy atom. The van der Waals surface area contributed by atoms with Crippen molar-refractivity contribution in [2.75, 3.05) is 11.9 Å². The molecule has 0 aliphatic heterocycles. The molecule has 0 atom stereocenters. The fraction of sp³-hybridized carbons (Fsp3) is 0.176. The Morgan fingerprint density at radius 3 is 2.48 bits per heavy atom. The van der Waals surface area contributed by atoms with Crippen molar-refractivity contribution >= 4 is 23.1 Å². The third kappa shape index (κ3) is 4.84. The number of nitrogens with one attached hydrogen (secondary N) is 1. The molecule has 0 aliphatic rings. The number of rotatable bonds is 7. The minimum atomic E-state index is -0.985. The maximum Gasteiger partial charge on any atom is 0.306 e. The lowest BCUT2D eigenvalue weighted by Crippen LogP contribution is -2.20. The van der Waals surface area contributed by atoms with Gasteiger partial charge in [0.05, 0.1) is 4.92 Å². The zero-order valence-corrected chi connectivity index (χ0v) is 13.3. The molecule has 2 aromatic rings. The number of amides is 1. The van der Waals surface area contributed by atoms with Gasteiger partial charge in [-0.25, -0.2) is 0 Å². The zero-order chi connectivity index (χ0) is 18.4. The van der Waals surface area contributed by atoms with Crippen LogP contribution in [0.3, 0.4) is 0 Å². The Balaban J connectivity index is 1.94. The SMILES string of the molecule is CCC(=O)c1ccc(OCC(=O)Nc2ccc(F)c([N+](=O)[O-])c2)cc1. The lowest BCUT2D eigenvalue weighted by Gasteiger charge is -2.08. The molecule has 0 unspecified atom stereocenters. The highest BCUT2D eigenvalue weighted by Crippen LogP contribution is 2.21. The monoisotopic (exact) mass is 346 g/mol. The summed E-state index contributed by atoms with van der Waals surface area (Å²) in [5.41, 5.74) is -0.0848. The Labute approximate surface area is 142 Å². The summed E-state index contributed by atoms with van der Waals surface area (Å²) in [6.07, 6.45) is 0.395. The summed E-state index contributed by atoms with van der Waals surface area (Å²) in [7, 11) is 0. The van der Waals surface area contributed by atoms with Gasteiger partial charge in [-0.15, -0.1) is 0 Å². The van der Waals surface area contributed by atoms with Gasteiger partial charge in [0.2, 0.25) is 5.82 Å². The summed E-state index contributed by atoms with van der Waals surface area (Å²) in [6, 6.07) is 9.38. The van der Waals surface area contributed by atoms with E-state index in [9.17, 15) is 24.1 Å². The van der Waals surface area contributed by atoms with E-state index in [1.807, 2.05) is 0 Å². The second-order valence-electron chi connectivity index (χ2n) is 5.06. The molecule has 0 spiro atoms. The maximum absolute atomic E-state index is 13.2. The van der Waals surface area contributed by atoms with Crippen molar-refractivity contribution in [1.29, 1.82) is 0 Å². The first kappa shape index (κ1) is 18.1. The molecule has 0 fully saturated rings. The Morgan fingerprint density at radius 2 is 1.88 bits per heavy atom. The minimum Gasteiger partial charge on any atom is -0.484 e. The van der Waals surface area contributed by atoms with Gasteiger partial charge in [0.1, 0.15) is 5.75 Å². The summed E-state index contributed by atoms with van der Waals surface area (Å²) >= 11 is 0. The normalized spacial score (nSPS) is 10.2. The van der Waals surface area contributed by atoms with Crippen molar-refractivity contribution in [3.05, 3.63) is 64.0 Å². The molecule has 0 aromatic heterocycles. The second-order valence-corrected chi connectivity index (χ2v) is 5.06. The summed E-state index contributed by atoms with van der Waals surface area (Å²) in [5.74, 6) is -1.15. The van der Waals surface area contributed by atoms with Crippen molar-refractivity contribution in [3.8, 4) is 5.75 Å². The van der Waals surface area contributed by atoms with E-state index in [1.54, 1.807) is 31.2 Å². The van der Waals surface area contributed by atoms with Gasteiger partial charge in [-0.3, -0.25) is 19.7 Å². The van der Waals surface area contributed by atoms with Crippen molar-refractivity contribution in [1.82, 2.24) is 0 Å². The topological polar surface area (TPSA) is 98.5 Å². The Hall–Kier alpha value is -3.29. The van der Waals surface area contributed by atoms with Crippen molar-refractivity contribution < 1.29 is 23.6 Å². The van der Waals surface area contributed by atoms with E-state index in [1.165, 1.54) is 6.07 Å². The number of benzene rings is 2. The summed E-state index contributed by atoms with van der Waals surface area (Å²) in [4.78, 5) is 33.1. The molecular formula is C17H15FN2O5. The van der Waals surface area contributed by atoms with Gasteiger partial charge in [-0.1, -0.05) is 6.92 Å². The maximum atomic E-state index is 13.2. The van der Waals surface area contributed by atoms with Crippen LogP contribution in [0.4, 0.5) is 15.8 Å². The van der Waals surface area contributed by atoms with E-state index in [4.69, 9.17) is 4.74 Å². The van der Waals surface area contributed by atoms with Crippen LogP contribution in [-0.2, 0) is 4.79 Å². The van der Waals surface area contributed by atoms with Gasteiger partial charge < -0.3 is 10.1 Å². The van der Waals surface area contributed by atoms with Crippen LogP contribution in [-0.4, -0.2) is 23.2 Å². The average Bonchev–Trinajstić information content (AvgIpc) is 2.61. The standard InChI is InChI=1S/C17H15FN2O5/c1-2-16(21)11-3-6-13(7-4-11)25-10-17(22)19-12-5-8-14(18)15(9-12)20(23)24/h3-9H,2,10H2,1H3,(H,19,22). The first-order chi connectivity index (χ1) is 11.9. The Kier molecular flexibility index (Phi) is 5.78. The Bertz CT molecular complexity index is 805. The first-order valence-electron chi connectivity index (χ1n) is 7.40. The zero-order valence-electron chi connectivity index (χ0n) is 13.3. The number of halogens is 1. The lowest BCUT2D eigenvalue weighted by molar-refractivity contribution is -0.387. The lowest BCUT2D eigenvalue weighted by atomic mass is 10.1. The van der Waals surface area contributed by atoms with Gasteiger partial charge in [-0.05, 0) is 36.4 Å². The molecule has 0 bridgehead atoms. The average molecular weight is 346 g/mol. The van der Waals surface area contributed by atoms with E-state index < -0.39 is 22.3 Å². The van der Waals surface area contributed by atoms with E-state index in [0.717, 1.165) is 12.1 Å². The molecule has 0 heterocycles. The molecule has 2 rings (SSSR count). The molecule has 25 heavy (non-hydrogen) atoms. The molecule has 0 saturated heterocycles. The van der Waals surface area contributed by atoms with Crippen LogP contribution < -0.4 is 10.1 Å². The molecule has 1 amide bonds. The number of nitro benzene ring substituents is 1. The van der Waals surface area contributed by atoms with Crippen LogP contribution in [0.15, 0.2) is 42.5 Å². The number of ketones is 1. The van der Waals surface area contributed by atoms with E-state index in [0.29, 0.717) is 17.7 Å². The van der Waals surface area contributed by atoms with Crippen molar-refractivity contribution in [3.63, 3.8) is 0 Å². The van der Waals surface area contributed by atoms with Crippen LogP contribution in [0.25, 0.3) is 0 Å². The summed E-state index contributed by atoms with van der Waals surface area (Å²) in [6.45, 7) is 1.42.